The molecule has 1 atom stereocenters. The Hall–Kier alpha value is -0.320. The van der Waals surface area contributed by atoms with E-state index in [1.54, 1.807) is 0 Å². The molecule has 1 heterocycles. The molecule has 0 radical (unpaired) electrons. The Kier molecular flexibility index (Phi) is 5.09. The number of carbonyl (C=O) groups excluding carboxylic acids is 1. The van der Waals surface area contributed by atoms with Crippen molar-refractivity contribution < 1.29 is 9.53 Å². The van der Waals surface area contributed by atoms with Crippen LogP contribution in [0.4, 0.5) is 0 Å². The van der Waals surface area contributed by atoms with Crippen LogP contribution in [0.1, 0.15) is 38.5 Å². The van der Waals surface area contributed by atoms with E-state index >= 15 is 0 Å². The Morgan fingerprint density at radius 2 is 1.79 bits per heavy atom. The van der Waals surface area contributed by atoms with Crippen LogP contribution in [0.3, 0.4) is 0 Å². The van der Waals surface area contributed by atoms with Crippen LogP contribution in [-0.2, 0) is 9.53 Å². The summed E-state index contributed by atoms with van der Waals surface area (Å²) < 4.78 is 5.55. The molecule has 1 unspecified atom stereocenters. The maximum atomic E-state index is 12.6. The third-order valence-corrected chi connectivity index (χ3v) is 4.74. The molecule has 0 aromatic carbocycles. The quantitative estimate of drug-likeness (QED) is 0.839. The maximum Gasteiger partial charge on any atom is 0.226 e. The number of amides is 1. The van der Waals surface area contributed by atoms with Gasteiger partial charge in [-0.2, -0.15) is 0 Å². The van der Waals surface area contributed by atoms with Gasteiger partial charge in [0.2, 0.25) is 5.91 Å². The molecular formula is C14H25ClN2O2. The lowest BCUT2D eigenvalue weighted by molar-refractivity contribution is -0.146. The Labute approximate surface area is 121 Å². The molecular weight excluding hydrogens is 264 g/mol. The van der Waals surface area contributed by atoms with Crippen LogP contribution in [0.2, 0.25) is 0 Å². The zero-order valence-electron chi connectivity index (χ0n) is 11.4. The van der Waals surface area contributed by atoms with E-state index in [1.165, 1.54) is 12.8 Å². The van der Waals surface area contributed by atoms with Gasteiger partial charge in [-0.05, 0) is 44.4 Å². The van der Waals surface area contributed by atoms with E-state index in [9.17, 15) is 4.79 Å². The van der Waals surface area contributed by atoms with Gasteiger partial charge in [-0.1, -0.05) is 0 Å². The average Bonchev–Trinajstić information content (AvgIpc) is 3.23. The smallest absolute Gasteiger partial charge is 0.226 e. The van der Waals surface area contributed by atoms with Crippen molar-refractivity contribution in [2.45, 2.75) is 50.6 Å². The van der Waals surface area contributed by atoms with Crippen molar-refractivity contribution in [3.05, 3.63) is 0 Å². The highest BCUT2D eigenvalue weighted by Gasteiger charge is 2.41. The summed E-state index contributed by atoms with van der Waals surface area (Å²) >= 11 is 0. The number of morpholine rings is 1. The molecule has 3 rings (SSSR count). The topological polar surface area (TPSA) is 55.6 Å². The summed E-state index contributed by atoms with van der Waals surface area (Å²) in [6.45, 7) is 2.26. The number of halogens is 1. The third-order valence-electron chi connectivity index (χ3n) is 4.74. The fraction of sp³-hybridized carbons (Fsp3) is 0.929. The Morgan fingerprint density at radius 3 is 2.42 bits per heavy atom. The van der Waals surface area contributed by atoms with Crippen LogP contribution in [0.5, 0.6) is 0 Å². The van der Waals surface area contributed by atoms with Gasteiger partial charge in [0, 0.05) is 18.5 Å². The second-order valence-electron chi connectivity index (χ2n) is 6.12. The molecule has 3 aliphatic rings. The van der Waals surface area contributed by atoms with Crippen molar-refractivity contribution >= 4 is 18.3 Å². The van der Waals surface area contributed by atoms with Gasteiger partial charge in [0.15, 0.2) is 0 Å². The third kappa shape index (κ3) is 3.41. The van der Waals surface area contributed by atoms with Crippen LogP contribution in [0.25, 0.3) is 0 Å². The monoisotopic (exact) mass is 288 g/mol. The number of hydrogen-bond acceptors (Lipinski definition) is 3. The first-order valence-electron chi connectivity index (χ1n) is 7.39. The van der Waals surface area contributed by atoms with E-state index in [-0.39, 0.29) is 18.3 Å². The molecule has 0 aromatic heterocycles. The van der Waals surface area contributed by atoms with E-state index in [1.807, 2.05) is 0 Å². The standard InChI is InChI=1S/C14H24N2O2.ClH/c15-12-5-3-11(4-6-12)14(17)16-7-8-18-9-13(16)10-1-2-10;/h10-13H,1-9,15H2;1H. The summed E-state index contributed by atoms with van der Waals surface area (Å²) in [5.74, 6) is 1.31. The molecule has 5 heteroatoms. The van der Waals surface area contributed by atoms with Crippen LogP contribution >= 0.6 is 12.4 Å². The van der Waals surface area contributed by atoms with E-state index in [2.05, 4.69) is 4.90 Å². The number of nitrogens with zero attached hydrogens (tertiary/aromatic N) is 1. The largest absolute Gasteiger partial charge is 0.377 e. The van der Waals surface area contributed by atoms with Crippen LogP contribution < -0.4 is 5.73 Å². The summed E-state index contributed by atoms with van der Waals surface area (Å²) in [5.41, 5.74) is 5.92. The normalized spacial score (nSPS) is 35.6. The molecule has 110 valence electrons. The Balaban J connectivity index is 0.00000133. The molecule has 1 amide bonds. The predicted molar refractivity (Wildman–Crippen MR) is 76.2 cm³/mol. The SMILES string of the molecule is Cl.NC1CCC(C(=O)N2CCOCC2C2CC2)CC1. The van der Waals surface area contributed by atoms with E-state index in [0.29, 0.717) is 30.5 Å². The first-order valence-corrected chi connectivity index (χ1v) is 7.39. The van der Waals surface area contributed by atoms with E-state index < -0.39 is 0 Å². The number of ether oxygens (including phenoxy) is 1. The average molecular weight is 289 g/mol. The molecule has 2 saturated carbocycles. The lowest BCUT2D eigenvalue weighted by Crippen LogP contribution is -2.52. The summed E-state index contributed by atoms with van der Waals surface area (Å²) in [7, 11) is 0. The molecule has 19 heavy (non-hydrogen) atoms. The van der Waals surface area contributed by atoms with Crippen molar-refractivity contribution in [2.75, 3.05) is 19.8 Å². The summed E-state index contributed by atoms with van der Waals surface area (Å²) in [4.78, 5) is 14.8. The highest BCUT2D eigenvalue weighted by atomic mass is 35.5. The van der Waals surface area contributed by atoms with Gasteiger partial charge in [-0.3, -0.25) is 4.79 Å². The minimum Gasteiger partial charge on any atom is -0.377 e. The van der Waals surface area contributed by atoms with Gasteiger partial charge >= 0.3 is 0 Å². The van der Waals surface area contributed by atoms with E-state index in [4.69, 9.17) is 10.5 Å². The molecule has 1 aliphatic heterocycles. The number of hydrogen-bond donors (Lipinski definition) is 1. The van der Waals surface area contributed by atoms with Gasteiger partial charge in [0.1, 0.15) is 0 Å². The fourth-order valence-corrected chi connectivity index (χ4v) is 3.37. The first kappa shape index (κ1) is 15.1. The van der Waals surface area contributed by atoms with E-state index in [0.717, 1.165) is 38.8 Å². The molecule has 3 fully saturated rings. The minimum atomic E-state index is 0. The molecule has 1 saturated heterocycles. The second-order valence-corrected chi connectivity index (χ2v) is 6.12. The summed E-state index contributed by atoms with van der Waals surface area (Å²) in [5, 5.41) is 0. The molecule has 0 aromatic rings. The zero-order valence-corrected chi connectivity index (χ0v) is 12.2. The van der Waals surface area contributed by atoms with Crippen molar-refractivity contribution in [3.63, 3.8) is 0 Å². The highest BCUT2D eigenvalue weighted by Crippen LogP contribution is 2.37. The van der Waals surface area contributed by atoms with Gasteiger partial charge in [0.25, 0.3) is 0 Å². The minimum absolute atomic E-state index is 0. The van der Waals surface area contributed by atoms with Crippen molar-refractivity contribution in [1.82, 2.24) is 4.90 Å². The number of rotatable bonds is 2. The van der Waals surface area contributed by atoms with Crippen LogP contribution in [0, 0.1) is 11.8 Å². The lowest BCUT2D eigenvalue weighted by Gasteiger charge is -2.39. The van der Waals surface area contributed by atoms with Crippen LogP contribution in [-0.4, -0.2) is 42.6 Å². The lowest BCUT2D eigenvalue weighted by atomic mass is 9.85. The van der Waals surface area contributed by atoms with Gasteiger partial charge in [-0.15, -0.1) is 12.4 Å². The van der Waals surface area contributed by atoms with Gasteiger partial charge < -0.3 is 15.4 Å². The fourth-order valence-electron chi connectivity index (χ4n) is 3.37. The molecule has 0 spiro atoms. The zero-order chi connectivity index (χ0) is 12.5. The van der Waals surface area contributed by atoms with Crippen molar-refractivity contribution in [3.8, 4) is 0 Å². The number of carbonyl (C=O) groups is 1. The number of nitrogens with two attached hydrogens (primary N) is 1. The van der Waals surface area contributed by atoms with Gasteiger partial charge in [0.05, 0.1) is 19.3 Å². The predicted octanol–water partition coefficient (Wildman–Crippen LogP) is 1.56. The summed E-state index contributed by atoms with van der Waals surface area (Å²) in [6.07, 6.45) is 6.52. The van der Waals surface area contributed by atoms with Crippen molar-refractivity contribution in [1.29, 1.82) is 0 Å². The Bertz CT molecular complexity index is 315. The molecule has 0 bridgehead atoms. The molecule has 4 nitrogen and oxygen atoms in total. The summed E-state index contributed by atoms with van der Waals surface area (Å²) in [6, 6.07) is 0.680. The maximum absolute atomic E-state index is 12.6. The Morgan fingerprint density at radius 1 is 1.11 bits per heavy atom. The second kappa shape index (κ2) is 6.42. The molecule has 2 aliphatic carbocycles. The highest BCUT2D eigenvalue weighted by molar-refractivity contribution is 5.85. The van der Waals surface area contributed by atoms with Crippen LogP contribution in [0.15, 0.2) is 0 Å². The van der Waals surface area contributed by atoms with Crippen molar-refractivity contribution in [2.24, 2.45) is 17.6 Å². The first-order chi connectivity index (χ1) is 8.75. The van der Waals surface area contributed by atoms with Gasteiger partial charge in [-0.25, -0.2) is 0 Å². The molecule has 2 N–H and O–H groups in total.